The summed E-state index contributed by atoms with van der Waals surface area (Å²) >= 11 is 0. The van der Waals surface area contributed by atoms with Crippen molar-refractivity contribution < 1.29 is 4.79 Å². The topological polar surface area (TPSA) is 30.0 Å². The van der Waals surface area contributed by atoms with Crippen molar-refractivity contribution in [2.75, 3.05) is 0 Å². The summed E-state index contributed by atoms with van der Waals surface area (Å²) in [7, 11) is 0. The van der Waals surface area contributed by atoms with E-state index in [2.05, 4.69) is 4.98 Å². The second-order valence-corrected chi connectivity index (χ2v) is 3.20. The van der Waals surface area contributed by atoms with E-state index in [0.29, 0.717) is 0 Å². The molecule has 0 aliphatic carbocycles. The molecule has 0 bridgehead atoms. The Hall–Kier alpha value is -1.44. The SMILES string of the molecule is CC(C)/C(C=O)=C\c1ccncc1. The standard InChI is InChI=1S/C11H13NO/c1-9(2)11(8-13)7-10-3-5-12-6-4-10/h3-9H,1-2H3/b11-7-. The molecular weight excluding hydrogens is 162 g/mol. The maximum atomic E-state index is 10.7. The van der Waals surface area contributed by atoms with Gasteiger partial charge in [0, 0.05) is 12.4 Å². The number of carbonyl (C=O) groups excluding carboxylic acids is 1. The number of rotatable bonds is 3. The molecule has 1 aromatic rings. The highest BCUT2D eigenvalue weighted by Gasteiger charge is 2.00. The van der Waals surface area contributed by atoms with E-state index in [0.717, 1.165) is 17.4 Å². The van der Waals surface area contributed by atoms with E-state index >= 15 is 0 Å². The Morgan fingerprint density at radius 1 is 1.38 bits per heavy atom. The fourth-order valence-corrected chi connectivity index (χ4v) is 0.989. The molecule has 13 heavy (non-hydrogen) atoms. The van der Waals surface area contributed by atoms with Gasteiger partial charge in [-0.1, -0.05) is 13.8 Å². The van der Waals surface area contributed by atoms with E-state index in [1.54, 1.807) is 12.4 Å². The van der Waals surface area contributed by atoms with Crippen molar-refractivity contribution in [1.82, 2.24) is 4.98 Å². The predicted molar refractivity (Wildman–Crippen MR) is 53.1 cm³/mol. The lowest BCUT2D eigenvalue weighted by molar-refractivity contribution is -0.105. The quantitative estimate of drug-likeness (QED) is 0.521. The highest BCUT2D eigenvalue weighted by atomic mass is 16.1. The van der Waals surface area contributed by atoms with Crippen LogP contribution >= 0.6 is 0 Å². The lowest BCUT2D eigenvalue weighted by Crippen LogP contribution is -1.94. The van der Waals surface area contributed by atoms with Gasteiger partial charge in [0.1, 0.15) is 6.29 Å². The Kier molecular flexibility index (Phi) is 3.38. The highest BCUT2D eigenvalue weighted by Crippen LogP contribution is 2.11. The van der Waals surface area contributed by atoms with Crippen LogP contribution in [0.3, 0.4) is 0 Å². The number of aromatic nitrogens is 1. The second-order valence-electron chi connectivity index (χ2n) is 3.20. The van der Waals surface area contributed by atoms with Gasteiger partial charge in [-0.2, -0.15) is 0 Å². The molecule has 68 valence electrons. The van der Waals surface area contributed by atoms with Gasteiger partial charge in [-0.3, -0.25) is 9.78 Å². The van der Waals surface area contributed by atoms with Crippen molar-refractivity contribution in [1.29, 1.82) is 0 Å². The molecule has 2 heteroatoms. The minimum atomic E-state index is 0.269. The monoisotopic (exact) mass is 175 g/mol. The highest BCUT2D eigenvalue weighted by molar-refractivity contribution is 5.82. The molecule has 0 saturated carbocycles. The molecule has 1 rings (SSSR count). The Bertz CT molecular complexity index is 301. The van der Waals surface area contributed by atoms with Crippen LogP contribution in [0.1, 0.15) is 19.4 Å². The van der Waals surface area contributed by atoms with Crippen LogP contribution in [-0.4, -0.2) is 11.3 Å². The first-order chi connectivity index (χ1) is 6.24. The molecule has 0 fully saturated rings. The summed E-state index contributed by atoms with van der Waals surface area (Å²) in [6.45, 7) is 4.00. The van der Waals surface area contributed by atoms with Crippen LogP contribution in [0.2, 0.25) is 0 Å². The molecular formula is C11H13NO. The minimum absolute atomic E-state index is 0.269. The second kappa shape index (κ2) is 4.55. The molecule has 0 aliphatic rings. The summed E-state index contributed by atoms with van der Waals surface area (Å²) in [5, 5.41) is 0. The summed E-state index contributed by atoms with van der Waals surface area (Å²) in [4.78, 5) is 14.6. The number of nitrogens with zero attached hydrogens (tertiary/aromatic N) is 1. The van der Waals surface area contributed by atoms with Crippen LogP contribution < -0.4 is 0 Å². The van der Waals surface area contributed by atoms with E-state index in [1.807, 2.05) is 32.1 Å². The Morgan fingerprint density at radius 2 is 2.00 bits per heavy atom. The number of carbonyl (C=O) groups is 1. The van der Waals surface area contributed by atoms with E-state index < -0.39 is 0 Å². The molecule has 2 nitrogen and oxygen atoms in total. The van der Waals surface area contributed by atoms with E-state index in [4.69, 9.17) is 0 Å². The van der Waals surface area contributed by atoms with Gasteiger partial charge in [0.2, 0.25) is 0 Å². The number of hydrogen-bond donors (Lipinski definition) is 0. The molecule has 0 N–H and O–H groups in total. The van der Waals surface area contributed by atoms with Gasteiger partial charge in [0.05, 0.1) is 0 Å². The molecule has 0 spiro atoms. The van der Waals surface area contributed by atoms with E-state index in [1.165, 1.54) is 0 Å². The van der Waals surface area contributed by atoms with Crippen LogP contribution in [0.4, 0.5) is 0 Å². The number of allylic oxidation sites excluding steroid dienone is 1. The van der Waals surface area contributed by atoms with Crippen molar-refractivity contribution in [3.05, 3.63) is 35.7 Å². The van der Waals surface area contributed by atoms with Gasteiger partial charge in [-0.25, -0.2) is 0 Å². The zero-order valence-corrected chi connectivity index (χ0v) is 7.90. The van der Waals surface area contributed by atoms with Gasteiger partial charge in [-0.15, -0.1) is 0 Å². The summed E-state index contributed by atoms with van der Waals surface area (Å²) in [6.07, 6.45) is 6.23. The molecule has 0 aliphatic heterocycles. The first-order valence-electron chi connectivity index (χ1n) is 4.31. The molecule has 0 atom stereocenters. The molecule has 1 heterocycles. The summed E-state index contributed by atoms with van der Waals surface area (Å²) in [5.41, 5.74) is 1.83. The Balaban J connectivity index is 2.92. The zero-order chi connectivity index (χ0) is 9.68. The third-order valence-corrected chi connectivity index (χ3v) is 1.84. The molecule has 1 aromatic heterocycles. The van der Waals surface area contributed by atoms with Crippen molar-refractivity contribution in [3.63, 3.8) is 0 Å². The summed E-state index contributed by atoms with van der Waals surface area (Å²) < 4.78 is 0. The maximum Gasteiger partial charge on any atom is 0.146 e. The number of hydrogen-bond acceptors (Lipinski definition) is 2. The third kappa shape index (κ3) is 2.82. The average molecular weight is 175 g/mol. The van der Waals surface area contributed by atoms with Gasteiger partial charge < -0.3 is 0 Å². The van der Waals surface area contributed by atoms with Crippen LogP contribution in [0, 0.1) is 5.92 Å². The molecule has 0 saturated heterocycles. The van der Waals surface area contributed by atoms with Crippen LogP contribution in [0.5, 0.6) is 0 Å². The van der Waals surface area contributed by atoms with Crippen molar-refractivity contribution >= 4 is 12.4 Å². The lowest BCUT2D eigenvalue weighted by atomic mass is 10.0. The zero-order valence-electron chi connectivity index (χ0n) is 7.90. The van der Waals surface area contributed by atoms with Gasteiger partial charge >= 0.3 is 0 Å². The largest absolute Gasteiger partial charge is 0.298 e. The fraction of sp³-hybridized carbons (Fsp3) is 0.273. The van der Waals surface area contributed by atoms with E-state index in [9.17, 15) is 4.79 Å². The molecule has 0 aromatic carbocycles. The number of pyridine rings is 1. The first-order valence-corrected chi connectivity index (χ1v) is 4.31. The number of aldehydes is 1. The average Bonchev–Trinajstić information content (AvgIpc) is 2.15. The van der Waals surface area contributed by atoms with E-state index in [-0.39, 0.29) is 5.92 Å². The van der Waals surface area contributed by atoms with Crippen molar-refractivity contribution in [2.45, 2.75) is 13.8 Å². The normalized spacial score (nSPS) is 11.8. The Morgan fingerprint density at radius 3 is 2.46 bits per heavy atom. The molecule has 0 unspecified atom stereocenters. The maximum absolute atomic E-state index is 10.7. The fourth-order valence-electron chi connectivity index (χ4n) is 0.989. The lowest BCUT2D eigenvalue weighted by Gasteiger charge is -2.02. The Labute approximate surface area is 78.3 Å². The minimum Gasteiger partial charge on any atom is -0.298 e. The molecule has 0 amide bonds. The predicted octanol–water partition coefficient (Wildman–Crippen LogP) is 2.32. The van der Waals surface area contributed by atoms with Gasteiger partial charge in [0.15, 0.2) is 0 Å². The van der Waals surface area contributed by atoms with Crippen LogP contribution in [0.25, 0.3) is 6.08 Å². The third-order valence-electron chi connectivity index (χ3n) is 1.84. The van der Waals surface area contributed by atoms with Crippen molar-refractivity contribution in [3.8, 4) is 0 Å². The summed E-state index contributed by atoms with van der Waals surface area (Å²) in [5.74, 6) is 0.269. The first kappa shape index (κ1) is 9.65. The van der Waals surface area contributed by atoms with Crippen molar-refractivity contribution in [2.24, 2.45) is 5.92 Å². The summed E-state index contributed by atoms with van der Waals surface area (Å²) in [6, 6.07) is 3.76. The molecule has 0 radical (unpaired) electrons. The van der Waals surface area contributed by atoms with Crippen LogP contribution in [0.15, 0.2) is 30.1 Å². The van der Waals surface area contributed by atoms with Gasteiger partial charge in [-0.05, 0) is 35.3 Å². The van der Waals surface area contributed by atoms with Crippen LogP contribution in [-0.2, 0) is 4.79 Å². The smallest absolute Gasteiger partial charge is 0.146 e. The van der Waals surface area contributed by atoms with Gasteiger partial charge in [0.25, 0.3) is 0 Å².